The quantitative estimate of drug-likeness (QED) is 0.156. The van der Waals surface area contributed by atoms with E-state index in [9.17, 15) is 0 Å². The third kappa shape index (κ3) is 5.06. The highest BCUT2D eigenvalue weighted by molar-refractivity contribution is 6.22. The van der Waals surface area contributed by atoms with E-state index in [1.54, 1.807) is 0 Å². The molecular weight excluding hydrogens is 713 g/mol. The molecule has 0 radical (unpaired) electrons. The molecule has 0 bridgehead atoms. The van der Waals surface area contributed by atoms with Crippen LogP contribution in [-0.4, -0.2) is 28.2 Å². The molecule has 0 saturated heterocycles. The maximum atomic E-state index is 2.52. The fraction of sp³-hybridized carbons (Fsp3) is 0.0877. The van der Waals surface area contributed by atoms with Crippen molar-refractivity contribution in [1.29, 1.82) is 0 Å². The van der Waals surface area contributed by atoms with E-state index in [2.05, 4.69) is 232 Å². The molecule has 11 rings (SSSR count). The fourth-order valence-electron chi connectivity index (χ4n) is 10.6. The molecule has 0 aliphatic heterocycles. The van der Waals surface area contributed by atoms with Gasteiger partial charge in [-0.2, -0.15) is 0 Å². The van der Waals surface area contributed by atoms with Crippen LogP contribution < -0.4 is 9.80 Å². The smallest absolute Gasteiger partial charge is 0.0713 e. The van der Waals surface area contributed by atoms with E-state index in [-0.39, 0.29) is 0 Å². The van der Waals surface area contributed by atoms with Crippen LogP contribution in [0.5, 0.6) is 0 Å². The summed E-state index contributed by atoms with van der Waals surface area (Å²) in [5, 5.41) is 10.1. The van der Waals surface area contributed by atoms with Crippen LogP contribution in [0.15, 0.2) is 194 Å². The Balaban J connectivity index is 1.25. The van der Waals surface area contributed by atoms with Crippen LogP contribution >= 0.6 is 0 Å². The van der Waals surface area contributed by atoms with E-state index in [1.807, 2.05) is 0 Å². The highest BCUT2D eigenvalue weighted by atomic mass is 15.1. The summed E-state index contributed by atoms with van der Waals surface area (Å²) in [6, 6.07) is 72.7. The van der Waals surface area contributed by atoms with E-state index < -0.39 is 5.41 Å². The molecule has 0 spiro atoms. The summed E-state index contributed by atoms with van der Waals surface area (Å²) in [4.78, 5) is 4.53. The molecule has 0 heterocycles. The van der Waals surface area contributed by atoms with Gasteiger partial charge in [-0.1, -0.05) is 182 Å². The highest BCUT2D eigenvalue weighted by Gasteiger charge is 2.46. The number of anilines is 2. The van der Waals surface area contributed by atoms with Gasteiger partial charge in [0.05, 0.1) is 16.8 Å². The minimum atomic E-state index is -0.580. The molecule has 10 aromatic carbocycles. The number of nitrogens with zero attached hydrogens (tertiary/aromatic N) is 2. The molecule has 0 atom stereocenters. The second-order valence-corrected chi connectivity index (χ2v) is 16.4. The van der Waals surface area contributed by atoms with Crippen LogP contribution in [-0.2, 0) is 5.41 Å². The molecule has 1 aliphatic rings. The molecule has 2 heteroatoms. The van der Waals surface area contributed by atoms with E-state index in [0.717, 1.165) is 0 Å². The lowest BCUT2D eigenvalue weighted by molar-refractivity contribution is 0.769. The average Bonchev–Trinajstić information content (AvgIpc) is 3.57. The molecule has 10 aromatic rings. The second kappa shape index (κ2) is 13.5. The summed E-state index contributed by atoms with van der Waals surface area (Å²) in [5.41, 5.74) is 14.6. The van der Waals surface area contributed by atoms with Crippen molar-refractivity contribution in [3.05, 3.63) is 216 Å². The van der Waals surface area contributed by atoms with E-state index in [4.69, 9.17) is 0 Å². The zero-order valence-electron chi connectivity index (χ0n) is 33.9. The average molecular weight is 757 g/mol. The molecule has 0 aromatic heterocycles. The van der Waals surface area contributed by atoms with Gasteiger partial charge in [0.25, 0.3) is 0 Å². The Morgan fingerprint density at radius 2 is 0.593 bits per heavy atom. The van der Waals surface area contributed by atoms with Crippen molar-refractivity contribution in [2.24, 2.45) is 0 Å². The summed E-state index contributed by atoms with van der Waals surface area (Å²) in [6.45, 7) is 0. The van der Waals surface area contributed by atoms with Gasteiger partial charge in [-0.05, 0) is 89.3 Å². The predicted octanol–water partition coefficient (Wildman–Crippen LogP) is 14.1. The highest BCUT2D eigenvalue weighted by Crippen LogP contribution is 2.58. The summed E-state index contributed by atoms with van der Waals surface area (Å²) in [6.07, 6.45) is 0. The van der Waals surface area contributed by atoms with Crippen molar-refractivity contribution >= 4 is 54.5 Å². The minimum Gasteiger partial charge on any atom is -0.377 e. The van der Waals surface area contributed by atoms with Crippen molar-refractivity contribution in [2.45, 2.75) is 5.41 Å². The van der Waals surface area contributed by atoms with E-state index >= 15 is 0 Å². The standard InChI is InChI=1S/C57H44N2/c1-58(2)55-47-27-15-11-23-43(47)53(44-24-12-16-28-48(44)55)37-31-33-41-42-34-32-38(54-45-25-13-17-29-49(45)56(59(3)4)50-30-18-14-26-46(50)54)36-52(42)57(51(41)35-37,39-19-7-5-8-20-39)40-21-9-6-10-22-40/h5-36H,1-4H3. The van der Waals surface area contributed by atoms with Crippen molar-refractivity contribution in [3.63, 3.8) is 0 Å². The third-order valence-electron chi connectivity index (χ3n) is 12.8. The number of hydrogen-bond donors (Lipinski definition) is 0. The van der Waals surface area contributed by atoms with Crippen LogP contribution in [0.4, 0.5) is 11.4 Å². The zero-order valence-corrected chi connectivity index (χ0v) is 33.9. The Labute approximate surface area is 346 Å². The number of hydrogen-bond acceptors (Lipinski definition) is 2. The monoisotopic (exact) mass is 756 g/mol. The van der Waals surface area contributed by atoms with Gasteiger partial charge in [0.1, 0.15) is 0 Å². The largest absolute Gasteiger partial charge is 0.377 e. The topological polar surface area (TPSA) is 6.48 Å². The molecule has 1 aliphatic carbocycles. The van der Waals surface area contributed by atoms with Gasteiger partial charge in [0.2, 0.25) is 0 Å². The Morgan fingerprint density at radius 1 is 0.305 bits per heavy atom. The van der Waals surface area contributed by atoms with E-state index in [1.165, 1.54) is 110 Å². The molecule has 0 unspecified atom stereocenters. The minimum absolute atomic E-state index is 0.580. The molecule has 0 fully saturated rings. The zero-order chi connectivity index (χ0) is 39.8. The predicted molar refractivity (Wildman–Crippen MR) is 253 cm³/mol. The molecule has 0 saturated carbocycles. The first-order valence-corrected chi connectivity index (χ1v) is 20.6. The van der Waals surface area contributed by atoms with Crippen molar-refractivity contribution in [3.8, 4) is 33.4 Å². The lowest BCUT2D eigenvalue weighted by atomic mass is 9.67. The van der Waals surface area contributed by atoms with Crippen LogP contribution in [0.1, 0.15) is 22.3 Å². The molecule has 282 valence electrons. The number of benzene rings is 10. The van der Waals surface area contributed by atoms with Gasteiger partial charge in [-0.25, -0.2) is 0 Å². The fourth-order valence-corrected chi connectivity index (χ4v) is 10.6. The Morgan fingerprint density at radius 3 is 0.898 bits per heavy atom. The molecule has 59 heavy (non-hydrogen) atoms. The summed E-state index contributed by atoms with van der Waals surface area (Å²) < 4.78 is 0. The van der Waals surface area contributed by atoms with Crippen molar-refractivity contribution in [1.82, 2.24) is 0 Å². The lowest BCUT2D eigenvalue weighted by Gasteiger charge is -2.34. The molecule has 0 N–H and O–H groups in total. The lowest BCUT2D eigenvalue weighted by Crippen LogP contribution is -2.28. The van der Waals surface area contributed by atoms with Gasteiger partial charge in [-0.3, -0.25) is 0 Å². The summed E-state index contributed by atoms with van der Waals surface area (Å²) >= 11 is 0. The van der Waals surface area contributed by atoms with Crippen LogP contribution in [0.3, 0.4) is 0 Å². The third-order valence-corrected chi connectivity index (χ3v) is 12.8. The first-order chi connectivity index (χ1) is 29.0. The Hall–Kier alpha value is -7.16. The number of fused-ring (bicyclic) bond motifs is 7. The van der Waals surface area contributed by atoms with Gasteiger partial charge in [0.15, 0.2) is 0 Å². The summed E-state index contributed by atoms with van der Waals surface area (Å²) in [7, 11) is 8.63. The Kier molecular flexibility index (Phi) is 8.00. The number of rotatable bonds is 6. The molecule has 0 amide bonds. The SMILES string of the molecule is CN(C)c1c2ccccc2c(-c2ccc3c(c2)C(c2ccccc2)(c2ccccc2)c2cc(-c4c5ccccc5c(N(C)C)c5ccccc45)ccc2-3)c2ccccc12. The maximum absolute atomic E-state index is 2.52. The van der Waals surface area contributed by atoms with Crippen LogP contribution in [0.25, 0.3) is 76.5 Å². The van der Waals surface area contributed by atoms with Crippen LogP contribution in [0, 0.1) is 0 Å². The van der Waals surface area contributed by atoms with Gasteiger partial charge < -0.3 is 9.80 Å². The van der Waals surface area contributed by atoms with E-state index in [0.29, 0.717) is 0 Å². The normalized spacial score (nSPS) is 12.9. The first-order valence-electron chi connectivity index (χ1n) is 20.6. The first kappa shape index (κ1) is 35.0. The molecule has 2 nitrogen and oxygen atoms in total. The second-order valence-electron chi connectivity index (χ2n) is 16.4. The van der Waals surface area contributed by atoms with Gasteiger partial charge in [0, 0.05) is 49.7 Å². The van der Waals surface area contributed by atoms with Crippen molar-refractivity contribution < 1.29 is 0 Å². The Bertz CT molecular complexity index is 2930. The van der Waals surface area contributed by atoms with Crippen molar-refractivity contribution in [2.75, 3.05) is 38.0 Å². The molecular formula is C57H44N2. The summed E-state index contributed by atoms with van der Waals surface area (Å²) in [5.74, 6) is 0. The van der Waals surface area contributed by atoms with Gasteiger partial charge in [-0.15, -0.1) is 0 Å². The maximum Gasteiger partial charge on any atom is 0.0713 e. The van der Waals surface area contributed by atoms with Crippen LogP contribution in [0.2, 0.25) is 0 Å². The van der Waals surface area contributed by atoms with Gasteiger partial charge >= 0.3 is 0 Å².